The smallest absolute Gasteiger partial charge is 0.262 e. The van der Waals surface area contributed by atoms with Crippen LogP contribution >= 0.6 is 0 Å². The van der Waals surface area contributed by atoms with Gasteiger partial charge in [0, 0.05) is 11.8 Å². The van der Waals surface area contributed by atoms with Gasteiger partial charge in [-0.2, -0.15) is 0 Å². The van der Waals surface area contributed by atoms with E-state index in [0.717, 1.165) is 11.1 Å². The highest BCUT2D eigenvalue weighted by atomic mass is 16.5. The number of hydrogen-bond acceptors (Lipinski definition) is 4. The highest BCUT2D eigenvalue weighted by Gasteiger charge is 2.09. The minimum absolute atomic E-state index is 0.0573. The lowest BCUT2D eigenvalue weighted by Gasteiger charge is -2.12. The predicted octanol–water partition coefficient (Wildman–Crippen LogP) is 3.34. The topological polar surface area (TPSA) is 56.8 Å². The molecule has 2 aromatic carbocycles. The second-order valence-electron chi connectivity index (χ2n) is 5.18. The fourth-order valence-electron chi connectivity index (χ4n) is 2.22. The molecule has 2 aromatic rings. The van der Waals surface area contributed by atoms with Crippen molar-refractivity contribution in [1.29, 1.82) is 0 Å². The van der Waals surface area contributed by atoms with Crippen molar-refractivity contribution in [3.63, 3.8) is 0 Å². The molecule has 0 aliphatic carbocycles. The van der Waals surface area contributed by atoms with Crippen LogP contribution in [-0.2, 0) is 4.79 Å². The molecular formula is C18H21NO4. The largest absolute Gasteiger partial charge is 0.493 e. The van der Waals surface area contributed by atoms with E-state index < -0.39 is 0 Å². The van der Waals surface area contributed by atoms with Crippen molar-refractivity contribution >= 4 is 11.6 Å². The molecule has 0 aliphatic heterocycles. The van der Waals surface area contributed by atoms with Crippen LogP contribution in [-0.4, -0.2) is 26.7 Å². The first-order valence-corrected chi connectivity index (χ1v) is 7.25. The number of ether oxygens (including phenoxy) is 3. The standard InChI is InChI=1S/C18H21NO4/c1-12-5-7-15(13(2)9-12)23-11-18(20)19-14-6-8-16(21-3)17(10-14)22-4/h5-10H,11H2,1-4H3,(H,19,20). The SMILES string of the molecule is COc1ccc(NC(=O)COc2ccc(C)cc2C)cc1OC. The lowest BCUT2D eigenvalue weighted by Crippen LogP contribution is -2.20. The zero-order valence-corrected chi connectivity index (χ0v) is 13.8. The van der Waals surface area contributed by atoms with Gasteiger partial charge in [0.05, 0.1) is 14.2 Å². The summed E-state index contributed by atoms with van der Waals surface area (Å²) in [6.07, 6.45) is 0. The number of carbonyl (C=O) groups is 1. The van der Waals surface area contributed by atoms with Crippen LogP contribution in [0.2, 0.25) is 0 Å². The van der Waals surface area contributed by atoms with E-state index in [4.69, 9.17) is 14.2 Å². The van der Waals surface area contributed by atoms with Crippen LogP contribution in [0.1, 0.15) is 11.1 Å². The molecule has 0 radical (unpaired) electrons. The van der Waals surface area contributed by atoms with E-state index >= 15 is 0 Å². The molecule has 5 heteroatoms. The first-order chi connectivity index (χ1) is 11.0. The Bertz CT molecular complexity index is 697. The van der Waals surface area contributed by atoms with Gasteiger partial charge in [-0.15, -0.1) is 0 Å². The van der Waals surface area contributed by atoms with Crippen molar-refractivity contribution in [3.8, 4) is 17.2 Å². The van der Waals surface area contributed by atoms with Crippen molar-refractivity contribution in [3.05, 3.63) is 47.5 Å². The third-order valence-electron chi connectivity index (χ3n) is 3.36. The average molecular weight is 315 g/mol. The Morgan fingerprint density at radius 1 is 0.957 bits per heavy atom. The fraction of sp³-hybridized carbons (Fsp3) is 0.278. The van der Waals surface area contributed by atoms with Gasteiger partial charge < -0.3 is 19.5 Å². The number of benzene rings is 2. The highest BCUT2D eigenvalue weighted by Crippen LogP contribution is 2.29. The molecule has 0 bridgehead atoms. The minimum atomic E-state index is -0.239. The van der Waals surface area contributed by atoms with Gasteiger partial charge in [-0.3, -0.25) is 4.79 Å². The van der Waals surface area contributed by atoms with Gasteiger partial charge in [-0.1, -0.05) is 17.7 Å². The van der Waals surface area contributed by atoms with Crippen molar-refractivity contribution in [1.82, 2.24) is 0 Å². The van der Waals surface area contributed by atoms with Gasteiger partial charge in [0.1, 0.15) is 5.75 Å². The maximum Gasteiger partial charge on any atom is 0.262 e. The number of amides is 1. The van der Waals surface area contributed by atoms with Crippen LogP contribution in [0.25, 0.3) is 0 Å². The molecule has 5 nitrogen and oxygen atoms in total. The normalized spacial score (nSPS) is 10.1. The summed E-state index contributed by atoms with van der Waals surface area (Å²) in [5.41, 5.74) is 2.78. The van der Waals surface area contributed by atoms with Gasteiger partial charge in [0.25, 0.3) is 5.91 Å². The average Bonchev–Trinajstić information content (AvgIpc) is 2.54. The Labute approximate surface area is 136 Å². The molecule has 0 aliphatic rings. The second-order valence-corrected chi connectivity index (χ2v) is 5.18. The summed E-state index contributed by atoms with van der Waals surface area (Å²) in [5, 5.41) is 2.77. The quantitative estimate of drug-likeness (QED) is 0.888. The number of methoxy groups -OCH3 is 2. The van der Waals surface area contributed by atoms with Gasteiger partial charge >= 0.3 is 0 Å². The molecule has 2 rings (SSSR count). The molecule has 0 fully saturated rings. The van der Waals surface area contributed by atoms with E-state index in [2.05, 4.69) is 5.32 Å². The zero-order valence-electron chi connectivity index (χ0n) is 13.8. The van der Waals surface area contributed by atoms with Crippen LogP contribution in [0, 0.1) is 13.8 Å². The molecule has 0 spiro atoms. The maximum atomic E-state index is 12.0. The fourth-order valence-corrected chi connectivity index (χ4v) is 2.22. The number of aryl methyl sites for hydroxylation is 2. The summed E-state index contributed by atoms with van der Waals surface area (Å²) in [7, 11) is 3.11. The molecule has 1 N–H and O–H groups in total. The number of nitrogens with one attached hydrogen (secondary N) is 1. The Hall–Kier alpha value is -2.69. The molecule has 23 heavy (non-hydrogen) atoms. The summed E-state index contributed by atoms with van der Waals surface area (Å²) in [4.78, 5) is 12.0. The van der Waals surface area contributed by atoms with Crippen molar-refractivity contribution in [2.75, 3.05) is 26.1 Å². The summed E-state index contributed by atoms with van der Waals surface area (Å²) in [6.45, 7) is 3.91. The Morgan fingerprint density at radius 3 is 2.30 bits per heavy atom. The van der Waals surface area contributed by atoms with Gasteiger partial charge in [0.15, 0.2) is 18.1 Å². The Morgan fingerprint density at radius 2 is 1.65 bits per heavy atom. The minimum Gasteiger partial charge on any atom is -0.493 e. The molecule has 0 saturated heterocycles. The summed E-state index contributed by atoms with van der Waals surface area (Å²) < 4.78 is 15.9. The van der Waals surface area contributed by atoms with Crippen LogP contribution in [0.3, 0.4) is 0 Å². The third kappa shape index (κ3) is 4.39. The second kappa shape index (κ2) is 7.54. The van der Waals surface area contributed by atoms with E-state index in [1.54, 1.807) is 32.4 Å². The van der Waals surface area contributed by atoms with Crippen molar-refractivity contribution in [2.24, 2.45) is 0 Å². The third-order valence-corrected chi connectivity index (χ3v) is 3.36. The van der Waals surface area contributed by atoms with Crippen molar-refractivity contribution < 1.29 is 19.0 Å². The summed E-state index contributed by atoms with van der Waals surface area (Å²) >= 11 is 0. The van der Waals surface area contributed by atoms with Crippen LogP contribution in [0.15, 0.2) is 36.4 Å². The van der Waals surface area contributed by atoms with E-state index in [-0.39, 0.29) is 12.5 Å². The maximum absolute atomic E-state index is 12.0. The number of anilines is 1. The Kier molecular flexibility index (Phi) is 5.46. The van der Waals surface area contributed by atoms with E-state index in [9.17, 15) is 4.79 Å². The van der Waals surface area contributed by atoms with Crippen LogP contribution < -0.4 is 19.5 Å². The monoisotopic (exact) mass is 315 g/mol. The van der Waals surface area contributed by atoms with Gasteiger partial charge in [-0.05, 0) is 37.6 Å². The summed E-state index contributed by atoms with van der Waals surface area (Å²) in [6, 6.07) is 11.0. The first-order valence-electron chi connectivity index (χ1n) is 7.25. The van der Waals surface area contributed by atoms with E-state index in [1.807, 2.05) is 32.0 Å². The number of rotatable bonds is 6. The van der Waals surface area contributed by atoms with E-state index in [0.29, 0.717) is 22.9 Å². The molecule has 0 atom stereocenters. The molecule has 1 amide bonds. The molecule has 0 unspecified atom stereocenters. The molecular weight excluding hydrogens is 294 g/mol. The molecule has 0 heterocycles. The lowest BCUT2D eigenvalue weighted by atomic mass is 10.1. The predicted molar refractivity (Wildman–Crippen MR) is 89.6 cm³/mol. The molecule has 122 valence electrons. The Balaban J connectivity index is 1.97. The summed E-state index contributed by atoms with van der Waals surface area (Å²) in [5.74, 6) is 1.63. The number of carbonyl (C=O) groups excluding carboxylic acids is 1. The van der Waals surface area contributed by atoms with Gasteiger partial charge in [0.2, 0.25) is 0 Å². The molecule has 0 aromatic heterocycles. The van der Waals surface area contributed by atoms with Gasteiger partial charge in [-0.25, -0.2) is 0 Å². The zero-order chi connectivity index (χ0) is 16.8. The lowest BCUT2D eigenvalue weighted by molar-refractivity contribution is -0.118. The van der Waals surface area contributed by atoms with Crippen LogP contribution in [0.5, 0.6) is 17.2 Å². The molecule has 0 saturated carbocycles. The first kappa shape index (κ1) is 16.7. The van der Waals surface area contributed by atoms with Crippen LogP contribution in [0.4, 0.5) is 5.69 Å². The number of hydrogen-bond donors (Lipinski definition) is 1. The van der Waals surface area contributed by atoms with E-state index in [1.165, 1.54) is 0 Å². The van der Waals surface area contributed by atoms with Crippen molar-refractivity contribution in [2.45, 2.75) is 13.8 Å². The highest BCUT2D eigenvalue weighted by molar-refractivity contribution is 5.92.